The van der Waals surface area contributed by atoms with Crippen LogP contribution in [0.3, 0.4) is 0 Å². The van der Waals surface area contributed by atoms with Crippen molar-refractivity contribution in [2.75, 3.05) is 13.7 Å². The number of unbranched alkanes of at least 4 members (excludes halogenated alkanes) is 3. The Morgan fingerprint density at radius 3 is 2.49 bits per heavy atom. The predicted molar refractivity (Wildman–Crippen MR) is 156 cm³/mol. The minimum Gasteiger partial charge on any atom is -0.493 e. The largest absolute Gasteiger partial charge is 0.493 e. The highest BCUT2D eigenvalue weighted by molar-refractivity contribution is 9.10. The van der Waals surface area contributed by atoms with E-state index in [-0.39, 0.29) is 17.1 Å². The monoisotopic (exact) mass is 589 g/mol. The van der Waals surface area contributed by atoms with Gasteiger partial charge in [-0.05, 0) is 54.8 Å². The lowest BCUT2D eigenvalue weighted by atomic mass is 9.97. The molecule has 1 atom stereocenters. The van der Waals surface area contributed by atoms with Crippen molar-refractivity contribution in [3.8, 4) is 11.5 Å². The van der Waals surface area contributed by atoms with Gasteiger partial charge in [0, 0.05) is 11.0 Å². The summed E-state index contributed by atoms with van der Waals surface area (Å²) in [5, 5.41) is 0.428. The third kappa shape index (κ3) is 5.46. The molecule has 1 aliphatic rings. The van der Waals surface area contributed by atoms with Crippen molar-refractivity contribution in [1.82, 2.24) is 4.90 Å². The van der Waals surface area contributed by atoms with Crippen LogP contribution in [0.15, 0.2) is 74.3 Å². The molecule has 6 nitrogen and oxygen atoms in total. The molecule has 0 N–H and O–H groups in total. The summed E-state index contributed by atoms with van der Waals surface area (Å²) in [5.41, 5.74) is 3.36. The molecule has 0 aliphatic carbocycles. The van der Waals surface area contributed by atoms with Gasteiger partial charge in [0.05, 0.1) is 30.7 Å². The highest BCUT2D eigenvalue weighted by Crippen LogP contribution is 2.42. The Bertz CT molecular complexity index is 1560. The fourth-order valence-electron chi connectivity index (χ4n) is 5.08. The summed E-state index contributed by atoms with van der Waals surface area (Å²) in [6.07, 6.45) is 4.43. The number of hydrogen-bond acceptors (Lipinski definition) is 5. The van der Waals surface area contributed by atoms with Crippen molar-refractivity contribution in [2.45, 2.75) is 52.1 Å². The fourth-order valence-corrected chi connectivity index (χ4v) is 5.44. The molecule has 0 saturated heterocycles. The first-order chi connectivity index (χ1) is 18.9. The number of fused-ring (bicyclic) bond motifs is 2. The lowest BCUT2D eigenvalue weighted by Gasteiger charge is -2.26. The Morgan fingerprint density at radius 1 is 0.949 bits per heavy atom. The van der Waals surface area contributed by atoms with E-state index in [1.54, 1.807) is 30.2 Å². The number of aryl methyl sites for hydroxylation is 1. The Hall–Kier alpha value is -3.58. The molecule has 3 aromatic carbocycles. The predicted octanol–water partition coefficient (Wildman–Crippen LogP) is 7.58. The zero-order chi connectivity index (χ0) is 27.5. The number of amides is 1. The molecule has 0 spiro atoms. The van der Waals surface area contributed by atoms with Crippen LogP contribution in [0.1, 0.15) is 71.5 Å². The SMILES string of the molecule is CCCCCCOc1ccc(C2c3c(oc4ccc(Br)cc4c3=O)C(=O)N2Cc2ccc(C)cc2)cc1OC. The fraction of sp³-hybridized carbons (Fsp3) is 0.312. The van der Waals surface area contributed by atoms with E-state index in [0.717, 1.165) is 34.0 Å². The van der Waals surface area contributed by atoms with E-state index < -0.39 is 6.04 Å². The Kier molecular flexibility index (Phi) is 8.07. The van der Waals surface area contributed by atoms with Gasteiger partial charge in [-0.15, -0.1) is 0 Å². The van der Waals surface area contributed by atoms with E-state index in [2.05, 4.69) is 22.9 Å². The van der Waals surface area contributed by atoms with Crippen molar-refractivity contribution in [1.29, 1.82) is 0 Å². The number of carbonyl (C=O) groups is 1. The first-order valence-electron chi connectivity index (χ1n) is 13.3. The van der Waals surface area contributed by atoms with Gasteiger partial charge in [-0.2, -0.15) is 0 Å². The van der Waals surface area contributed by atoms with Gasteiger partial charge in [-0.1, -0.05) is 78.0 Å². The number of methoxy groups -OCH3 is 1. The second-order valence-corrected chi connectivity index (χ2v) is 10.9. The molecule has 39 heavy (non-hydrogen) atoms. The summed E-state index contributed by atoms with van der Waals surface area (Å²) >= 11 is 3.45. The molecular formula is C32H32BrNO5. The highest BCUT2D eigenvalue weighted by atomic mass is 79.9. The van der Waals surface area contributed by atoms with Gasteiger partial charge in [-0.3, -0.25) is 9.59 Å². The van der Waals surface area contributed by atoms with Gasteiger partial charge < -0.3 is 18.8 Å². The second kappa shape index (κ2) is 11.7. The van der Waals surface area contributed by atoms with Gasteiger partial charge in [0.1, 0.15) is 5.58 Å². The molecular weight excluding hydrogens is 558 g/mol. The van der Waals surface area contributed by atoms with E-state index in [0.29, 0.717) is 41.2 Å². The van der Waals surface area contributed by atoms with Crippen molar-refractivity contribution in [3.63, 3.8) is 0 Å². The molecule has 202 valence electrons. The molecule has 1 aliphatic heterocycles. The summed E-state index contributed by atoms with van der Waals surface area (Å²) in [6.45, 7) is 5.13. The maximum atomic E-state index is 13.9. The molecule has 1 amide bonds. The number of rotatable bonds is 10. The summed E-state index contributed by atoms with van der Waals surface area (Å²) in [4.78, 5) is 29.4. The maximum Gasteiger partial charge on any atom is 0.291 e. The average Bonchev–Trinajstić information content (AvgIpc) is 3.21. The molecule has 4 aromatic rings. The van der Waals surface area contributed by atoms with Crippen LogP contribution < -0.4 is 14.9 Å². The number of hydrogen-bond donors (Lipinski definition) is 0. The molecule has 0 saturated carbocycles. The van der Waals surface area contributed by atoms with Crippen LogP contribution in [0.2, 0.25) is 0 Å². The van der Waals surface area contributed by atoms with Crippen LogP contribution in [0, 0.1) is 6.92 Å². The Labute approximate surface area is 236 Å². The molecule has 7 heteroatoms. The third-order valence-electron chi connectivity index (χ3n) is 7.16. The molecule has 1 unspecified atom stereocenters. The zero-order valence-corrected chi connectivity index (χ0v) is 24.0. The zero-order valence-electron chi connectivity index (χ0n) is 22.5. The topological polar surface area (TPSA) is 69.0 Å². The maximum absolute atomic E-state index is 13.9. The molecule has 2 heterocycles. The van der Waals surface area contributed by atoms with E-state index in [1.165, 1.54) is 12.8 Å². The first-order valence-corrected chi connectivity index (χ1v) is 14.1. The summed E-state index contributed by atoms with van der Waals surface area (Å²) in [7, 11) is 1.60. The normalized spacial score (nSPS) is 14.6. The van der Waals surface area contributed by atoms with Gasteiger partial charge in [0.15, 0.2) is 16.9 Å². The molecule has 0 fully saturated rings. The van der Waals surface area contributed by atoms with Crippen molar-refractivity contribution < 1.29 is 18.7 Å². The van der Waals surface area contributed by atoms with Crippen LogP contribution in [0.25, 0.3) is 11.0 Å². The molecule has 5 rings (SSSR count). The standard InChI is InChI=1S/C32H32BrNO5/c1-4-5-6-7-16-38-26-14-12-22(17-27(26)37-3)29-28-30(35)24-18-23(33)13-15-25(24)39-31(28)32(36)34(29)19-21-10-8-20(2)9-11-21/h8-15,17-18,29H,4-7,16,19H2,1-3H3. The lowest BCUT2D eigenvalue weighted by Crippen LogP contribution is -2.29. The summed E-state index contributed by atoms with van der Waals surface area (Å²) in [6, 6.07) is 18.3. The van der Waals surface area contributed by atoms with Crippen molar-refractivity contribution in [2.24, 2.45) is 0 Å². The first kappa shape index (κ1) is 27.0. The van der Waals surface area contributed by atoms with Crippen LogP contribution in [-0.2, 0) is 6.54 Å². The van der Waals surface area contributed by atoms with E-state index in [1.807, 2.05) is 49.4 Å². The van der Waals surface area contributed by atoms with Crippen LogP contribution in [0.4, 0.5) is 0 Å². The Morgan fingerprint density at radius 2 is 1.74 bits per heavy atom. The smallest absolute Gasteiger partial charge is 0.291 e. The van der Waals surface area contributed by atoms with E-state index >= 15 is 0 Å². The Balaban J connectivity index is 1.58. The van der Waals surface area contributed by atoms with Crippen LogP contribution in [0.5, 0.6) is 11.5 Å². The van der Waals surface area contributed by atoms with Crippen LogP contribution in [-0.4, -0.2) is 24.5 Å². The van der Waals surface area contributed by atoms with E-state index in [9.17, 15) is 9.59 Å². The molecule has 0 radical (unpaired) electrons. The van der Waals surface area contributed by atoms with Crippen LogP contribution >= 0.6 is 15.9 Å². The minimum absolute atomic E-state index is 0.0853. The minimum atomic E-state index is -0.638. The number of ether oxygens (including phenoxy) is 2. The second-order valence-electron chi connectivity index (χ2n) is 9.96. The average molecular weight is 591 g/mol. The summed E-state index contributed by atoms with van der Waals surface area (Å²) in [5.74, 6) is 0.976. The quantitative estimate of drug-likeness (QED) is 0.178. The number of benzene rings is 3. The van der Waals surface area contributed by atoms with Crippen molar-refractivity contribution in [3.05, 3.63) is 103 Å². The number of halogens is 1. The summed E-state index contributed by atoms with van der Waals surface area (Å²) < 4.78 is 18.6. The molecule has 1 aromatic heterocycles. The van der Waals surface area contributed by atoms with Crippen molar-refractivity contribution >= 4 is 32.8 Å². The lowest BCUT2D eigenvalue weighted by molar-refractivity contribution is 0.0714. The van der Waals surface area contributed by atoms with Gasteiger partial charge in [0.25, 0.3) is 5.91 Å². The highest BCUT2D eigenvalue weighted by Gasteiger charge is 2.43. The van der Waals surface area contributed by atoms with E-state index in [4.69, 9.17) is 13.9 Å². The molecule has 0 bridgehead atoms. The third-order valence-corrected chi connectivity index (χ3v) is 7.65. The van der Waals surface area contributed by atoms with Gasteiger partial charge in [0.2, 0.25) is 5.76 Å². The number of carbonyl (C=O) groups excluding carboxylic acids is 1. The van der Waals surface area contributed by atoms with Gasteiger partial charge >= 0.3 is 0 Å². The number of nitrogens with zero attached hydrogens (tertiary/aromatic N) is 1. The van der Waals surface area contributed by atoms with Gasteiger partial charge in [-0.25, -0.2) is 0 Å².